The van der Waals surface area contributed by atoms with Crippen LogP contribution >= 0.6 is 0 Å². The van der Waals surface area contributed by atoms with Crippen LogP contribution < -0.4 is 0 Å². The van der Waals surface area contributed by atoms with E-state index in [9.17, 15) is 5.11 Å². The van der Waals surface area contributed by atoms with Crippen molar-refractivity contribution >= 4 is 0 Å². The minimum atomic E-state index is -0.470. The molecule has 0 aromatic rings. The van der Waals surface area contributed by atoms with Gasteiger partial charge in [-0.2, -0.15) is 20.5 Å². The highest BCUT2D eigenvalue weighted by atomic mass is 16.3. The average Bonchev–Trinajstić information content (AvgIpc) is 2.70. The van der Waals surface area contributed by atoms with E-state index in [-0.39, 0.29) is 11.1 Å². The van der Waals surface area contributed by atoms with Crippen LogP contribution in [0.4, 0.5) is 0 Å². The summed E-state index contributed by atoms with van der Waals surface area (Å²) in [7, 11) is 0. The maximum absolute atomic E-state index is 10.2. The van der Waals surface area contributed by atoms with Crippen LogP contribution in [0.2, 0.25) is 0 Å². The Kier molecular flexibility index (Phi) is 3.19. The highest BCUT2D eigenvalue weighted by Gasteiger charge is 2.34. The lowest BCUT2D eigenvalue weighted by Gasteiger charge is -2.25. The molecular formula is C13H20N4O. The van der Waals surface area contributed by atoms with E-state index in [1.807, 2.05) is 39.8 Å². The average molecular weight is 248 g/mol. The molecule has 0 amide bonds. The molecule has 2 aliphatic heterocycles. The van der Waals surface area contributed by atoms with E-state index in [0.29, 0.717) is 12.8 Å². The summed E-state index contributed by atoms with van der Waals surface area (Å²) in [5.74, 6) is 0. The molecule has 0 fully saturated rings. The summed E-state index contributed by atoms with van der Waals surface area (Å²) in [6.07, 6.45) is 4.64. The Morgan fingerprint density at radius 1 is 1.00 bits per heavy atom. The zero-order valence-electron chi connectivity index (χ0n) is 11.4. The zero-order valence-corrected chi connectivity index (χ0v) is 11.4. The minimum absolute atomic E-state index is 0.381. The maximum atomic E-state index is 10.2. The monoisotopic (exact) mass is 248 g/mol. The van der Waals surface area contributed by atoms with Crippen LogP contribution in [0.25, 0.3) is 0 Å². The first-order valence-corrected chi connectivity index (χ1v) is 6.23. The lowest BCUT2D eigenvalue weighted by molar-refractivity contribution is 0.121. The molecule has 18 heavy (non-hydrogen) atoms. The normalized spacial score (nSPS) is 35.8. The van der Waals surface area contributed by atoms with Crippen molar-refractivity contribution in [2.75, 3.05) is 0 Å². The van der Waals surface area contributed by atoms with Crippen LogP contribution in [0.5, 0.6) is 0 Å². The molecule has 0 aromatic heterocycles. The molecule has 0 aromatic carbocycles. The van der Waals surface area contributed by atoms with Crippen LogP contribution in [-0.2, 0) is 0 Å². The van der Waals surface area contributed by atoms with Gasteiger partial charge in [-0.25, -0.2) is 0 Å². The van der Waals surface area contributed by atoms with Crippen molar-refractivity contribution in [1.82, 2.24) is 0 Å². The van der Waals surface area contributed by atoms with E-state index >= 15 is 0 Å². The molecule has 0 radical (unpaired) electrons. The Balaban J connectivity index is 1.96. The summed E-state index contributed by atoms with van der Waals surface area (Å²) >= 11 is 0. The lowest BCUT2D eigenvalue weighted by Crippen LogP contribution is -2.30. The fraction of sp³-hybridized carbons (Fsp3) is 0.692. The van der Waals surface area contributed by atoms with Gasteiger partial charge in [-0.05, 0) is 39.8 Å². The summed E-state index contributed by atoms with van der Waals surface area (Å²) in [5, 5.41) is 26.7. The number of rotatable bonds is 4. The summed E-state index contributed by atoms with van der Waals surface area (Å²) in [4.78, 5) is 0. The second-order valence-electron chi connectivity index (χ2n) is 5.75. The van der Waals surface area contributed by atoms with E-state index in [0.717, 1.165) is 11.4 Å². The van der Waals surface area contributed by atoms with Crippen molar-refractivity contribution < 1.29 is 5.11 Å². The highest BCUT2D eigenvalue weighted by molar-refractivity contribution is 5.17. The second-order valence-corrected chi connectivity index (χ2v) is 5.75. The molecule has 98 valence electrons. The van der Waals surface area contributed by atoms with Gasteiger partial charge in [0.1, 0.15) is 11.1 Å². The smallest absolute Gasteiger partial charge is 0.102 e. The Morgan fingerprint density at radius 2 is 1.39 bits per heavy atom. The summed E-state index contributed by atoms with van der Waals surface area (Å²) in [5.41, 5.74) is 1.06. The molecule has 2 heterocycles. The molecule has 0 spiro atoms. The number of allylic oxidation sites excluding steroid dienone is 2. The van der Waals surface area contributed by atoms with Crippen molar-refractivity contribution in [3.8, 4) is 0 Å². The largest absolute Gasteiger partial charge is 0.393 e. The van der Waals surface area contributed by atoms with E-state index in [1.54, 1.807) is 0 Å². The third-order valence-electron chi connectivity index (χ3n) is 3.21. The van der Waals surface area contributed by atoms with Crippen molar-refractivity contribution in [3.63, 3.8) is 0 Å². The molecule has 0 saturated carbocycles. The van der Waals surface area contributed by atoms with E-state index < -0.39 is 6.10 Å². The predicted molar refractivity (Wildman–Crippen MR) is 69.3 cm³/mol. The van der Waals surface area contributed by atoms with Crippen LogP contribution in [-0.4, -0.2) is 22.3 Å². The fourth-order valence-electron chi connectivity index (χ4n) is 2.63. The van der Waals surface area contributed by atoms with Gasteiger partial charge in [-0.3, -0.25) is 0 Å². The molecule has 2 aliphatic rings. The van der Waals surface area contributed by atoms with Gasteiger partial charge >= 0.3 is 0 Å². The van der Waals surface area contributed by atoms with Gasteiger partial charge in [0, 0.05) is 12.8 Å². The van der Waals surface area contributed by atoms with Gasteiger partial charge in [0.2, 0.25) is 0 Å². The first kappa shape index (κ1) is 13.1. The van der Waals surface area contributed by atoms with Gasteiger partial charge in [-0.1, -0.05) is 0 Å². The molecule has 2 atom stereocenters. The Hall–Kier alpha value is -1.36. The topological polar surface area (TPSA) is 69.7 Å². The Morgan fingerprint density at radius 3 is 1.67 bits per heavy atom. The SMILES string of the molecule is CC1=CC(C)(CC(O)CC2(C)C=C(C)N=N2)N=N1. The second kappa shape index (κ2) is 4.39. The summed E-state index contributed by atoms with van der Waals surface area (Å²) < 4.78 is 0. The van der Waals surface area contributed by atoms with Crippen LogP contribution in [0.15, 0.2) is 44.0 Å². The Bertz CT molecular complexity index is 424. The van der Waals surface area contributed by atoms with Gasteiger partial charge in [-0.15, -0.1) is 0 Å². The quantitative estimate of drug-likeness (QED) is 0.814. The Labute approximate surface area is 107 Å². The molecule has 2 rings (SSSR count). The molecule has 0 saturated heterocycles. The van der Waals surface area contributed by atoms with E-state index in [4.69, 9.17) is 0 Å². The number of aliphatic hydroxyl groups is 1. The first-order valence-electron chi connectivity index (χ1n) is 6.23. The number of nitrogens with zero attached hydrogens (tertiary/aromatic N) is 4. The first-order chi connectivity index (χ1) is 8.30. The zero-order chi connectivity index (χ0) is 13.4. The van der Waals surface area contributed by atoms with Gasteiger partial charge in [0.05, 0.1) is 17.5 Å². The molecule has 5 heteroatoms. The standard InChI is InChI=1S/C13H20N4O/c1-9-5-12(3,16-14-9)7-11(18)8-13(4)6-10(2)15-17-13/h5-6,11,18H,7-8H2,1-4H3. The summed E-state index contributed by atoms with van der Waals surface area (Å²) in [6.45, 7) is 7.80. The van der Waals surface area contributed by atoms with E-state index in [2.05, 4.69) is 20.5 Å². The van der Waals surface area contributed by atoms with Crippen molar-refractivity contribution in [2.24, 2.45) is 20.5 Å². The third-order valence-corrected chi connectivity index (χ3v) is 3.21. The third kappa shape index (κ3) is 2.90. The van der Waals surface area contributed by atoms with Crippen molar-refractivity contribution in [2.45, 2.75) is 57.7 Å². The molecule has 0 aliphatic carbocycles. The molecule has 2 unspecified atom stereocenters. The number of aliphatic hydroxyl groups excluding tert-OH is 1. The lowest BCUT2D eigenvalue weighted by atomic mass is 9.87. The number of azo groups is 2. The molecule has 1 N–H and O–H groups in total. The molecule has 0 bridgehead atoms. The van der Waals surface area contributed by atoms with Crippen LogP contribution in [0.1, 0.15) is 40.5 Å². The predicted octanol–water partition coefficient (Wildman–Crippen LogP) is 3.38. The fourth-order valence-corrected chi connectivity index (χ4v) is 2.63. The number of hydrogen-bond acceptors (Lipinski definition) is 5. The van der Waals surface area contributed by atoms with Crippen LogP contribution in [0, 0.1) is 0 Å². The van der Waals surface area contributed by atoms with E-state index in [1.165, 1.54) is 0 Å². The number of hydrogen-bond donors (Lipinski definition) is 1. The van der Waals surface area contributed by atoms with Crippen LogP contribution in [0.3, 0.4) is 0 Å². The molecule has 5 nitrogen and oxygen atoms in total. The van der Waals surface area contributed by atoms with Gasteiger partial charge in [0.15, 0.2) is 0 Å². The van der Waals surface area contributed by atoms with Crippen molar-refractivity contribution in [3.05, 3.63) is 23.5 Å². The molecular weight excluding hydrogens is 228 g/mol. The highest BCUT2D eigenvalue weighted by Crippen LogP contribution is 2.33. The van der Waals surface area contributed by atoms with Crippen molar-refractivity contribution in [1.29, 1.82) is 0 Å². The summed E-state index contributed by atoms with van der Waals surface area (Å²) in [6, 6.07) is 0. The van der Waals surface area contributed by atoms with Gasteiger partial charge in [0.25, 0.3) is 0 Å². The minimum Gasteiger partial charge on any atom is -0.393 e. The maximum Gasteiger partial charge on any atom is 0.102 e. The van der Waals surface area contributed by atoms with Gasteiger partial charge < -0.3 is 5.11 Å².